The number of anilines is 2. The molecule has 1 amide bonds. The zero-order valence-electron chi connectivity index (χ0n) is 20.9. The van der Waals surface area contributed by atoms with Gasteiger partial charge in [0, 0.05) is 30.0 Å². The number of rotatable bonds is 4. The molecular weight excluding hydrogens is 473 g/mol. The summed E-state index contributed by atoms with van der Waals surface area (Å²) in [6.45, 7) is 7.70. The van der Waals surface area contributed by atoms with E-state index in [0.29, 0.717) is 16.7 Å². The van der Waals surface area contributed by atoms with Crippen LogP contribution in [-0.2, 0) is 19.3 Å². The van der Waals surface area contributed by atoms with Crippen LogP contribution >= 0.6 is 0 Å². The molecule has 0 atom stereocenters. The summed E-state index contributed by atoms with van der Waals surface area (Å²) in [5, 5.41) is 3.11. The summed E-state index contributed by atoms with van der Waals surface area (Å²) >= 11 is 0. The number of halogens is 3. The van der Waals surface area contributed by atoms with Crippen LogP contribution in [0, 0.1) is 20.8 Å². The summed E-state index contributed by atoms with van der Waals surface area (Å²) < 4.78 is 39.1. The van der Waals surface area contributed by atoms with Crippen LogP contribution in [0.4, 0.5) is 24.5 Å². The smallest absolute Gasteiger partial charge is 0.362 e. The molecule has 5 rings (SSSR count). The van der Waals surface area contributed by atoms with E-state index >= 15 is 0 Å². The Morgan fingerprint density at radius 1 is 0.811 bits per heavy atom. The number of nitrogens with zero attached hydrogens (tertiary/aromatic N) is 1. The van der Waals surface area contributed by atoms with Crippen LogP contribution < -0.4 is 10.2 Å². The molecule has 0 saturated carbocycles. The monoisotopic (exact) mass is 500 g/mol. The van der Waals surface area contributed by atoms with Gasteiger partial charge in [0.15, 0.2) is 0 Å². The highest BCUT2D eigenvalue weighted by atomic mass is 19.4. The first-order valence-electron chi connectivity index (χ1n) is 12.1. The molecule has 1 heterocycles. The van der Waals surface area contributed by atoms with Crippen molar-refractivity contribution in [1.29, 1.82) is 0 Å². The molecule has 188 valence electrons. The lowest BCUT2D eigenvalue weighted by atomic mass is 9.97. The Balaban J connectivity index is 1.46. The Morgan fingerprint density at radius 3 is 2.03 bits per heavy atom. The van der Waals surface area contributed by atoms with Gasteiger partial charge < -0.3 is 10.2 Å². The van der Waals surface area contributed by atoms with Crippen LogP contribution in [0.3, 0.4) is 0 Å². The molecule has 0 aliphatic carbocycles. The van der Waals surface area contributed by atoms with E-state index in [0.717, 1.165) is 53.3 Å². The van der Waals surface area contributed by atoms with Crippen molar-refractivity contribution in [1.82, 2.24) is 0 Å². The number of carbonyl (C=O) groups is 1. The molecule has 0 radical (unpaired) electrons. The van der Waals surface area contributed by atoms with Gasteiger partial charge in [0.1, 0.15) is 0 Å². The maximum atomic E-state index is 13.5. The number of fused-ring (bicyclic) bond motifs is 1. The SMILES string of the molecule is Cc1cc(C)c(N2Cc3ccccc3C2)c(C)c1NC(=O)c1ccccc1-c1ccc(C(F)(F)F)cc1. The molecule has 1 aliphatic rings. The van der Waals surface area contributed by atoms with Crippen molar-refractivity contribution in [3.05, 3.63) is 118 Å². The van der Waals surface area contributed by atoms with E-state index in [9.17, 15) is 18.0 Å². The van der Waals surface area contributed by atoms with Crippen LogP contribution in [0.1, 0.15) is 43.7 Å². The molecule has 0 saturated heterocycles. The molecule has 0 unspecified atom stereocenters. The number of hydrogen-bond acceptors (Lipinski definition) is 2. The Kier molecular flexibility index (Phi) is 6.28. The summed E-state index contributed by atoms with van der Waals surface area (Å²) in [4.78, 5) is 15.9. The average Bonchev–Trinajstić information content (AvgIpc) is 3.29. The molecule has 4 aromatic rings. The van der Waals surface area contributed by atoms with Crippen LogP contribution in [0.25, 0.3) is 11.1 Å². The molecule has 1 aliphatic heterocycles. The summed E-state index contributed by atoms with van der Waals surface area (Å²) in [5.74, 6) is -0.304. The number of benzene rings is 4. The van der Waals surface area contributed by atoms with Crippen molar-refractivity contribution in [3.8, 4) is 11.1 Å². The minimum atomic E-state index is -4.41. The van der Waals surface area contributed by atoms with E-state index in [-0.39, 0.29) is 5.91 Å². The lowest BCUT2D eigenvalue weighted by molar-refractivity contribution is -0.137. The highest BCUT2D eigenvalue weighted by Crippen LogP contribution is 2.38. The summed E-state index contributed by atoms with van der Waals surface area (Å²) in [6, 6.07) is 22.3. The second-order valence-electron chi connectivity index (χ2n) is 9.56. The van der Waals surface area contributed by atoms with Gasteiger partial charge in [-0.15, -0.1) is 0 Å². The number of alkyl halides is 3. The van der Waals surface area contributed by atoms with E-state index in [2.05, 4.69) is 47.5 Å². The van der Waals surface area contributed by atoms with E-state index in [4.69, 9.17) is 0 Å². The van der Waals surface area contributed by atoms with Gasteiger partial charge in [-0.2, -0.15) is 13.2 Å². The molecule has 0 bridgehead atoms. The number of amides is 1. The zero-order chi connectivity index (χ0) is 26.3. The van der Waals surface area contributed by atoms with Crippen LogP contribution in [0.2, 0.25) is 0 Å². The fraction of sp³-hybridized carbons (Fsp3) is 0.194. The number of hydrogen-bond donors (Lipinski definition) is 1. The average molecular weight is 501 g/mol. The van der Waals surface area contributed by atoms with Gasteiger partial charge in [-0.25, -0.2) is 0 Å². The Labute approximate surface area is 214 Å². The molecule has 0 fully saturated rings. The third-order valence-electron chi connectivity index (χ3n) is 7.02. The minimum Gasteiger partial charge on any atom is -0.362 e. The normalized spacial score (nSPS) is 13.0. The van der Waals surface area contributed by atoms with Crippen molar-refractivity contribution in [2.75, 3.05) is 10.2 Å². The number of nitrogens with one attached hydrogen (secondary N) is 1. The first-order chi connectivity index (χ1) is 17.6. The molecule has 3 nitrogen and oxygen atoms in total. The first-order valence-corrected chi connectivity index (χ1v) is 12.1. The van der Waals surface area contributed by atoms with Crippen LogP contribution in [-0.4, -0.2) is 5.91 Å². The van der Waals surface area contributed by atoms with E-state index in [1.165, 1.54) is 23.3 Å². The highest BCUT2D eigenvalue weighted by molar-refractivity contribution is 6.09. The van der Waals surface area contributed by atoms with Crippen molar-refractivity contribution < 1.29 is 18.0 Å². The van der Waals surface area contributed by atoms with Crippen molar-refractivity contribution in [2.45, 2.75) is 40.0 Å². The fourth-order valence-corrected chi connectivity index (χ4v) is 5.30. The van der Waals surface area contributed by atoms with Gasteiger partial charge in [0.05, 0.1) is 5.56 Å². The van der Waals surface area contributed by atoms with Gasteiger partial charge in [0.25, 0.3) is 5.91 Å². The van der Waals surface area contributed by atoms with Crippen LogP contribution in [0.5, 0.6) is 0 Å². The summed E-state index contributed by atoms with van der Waals surface area (Å²) in [5.41, 5.74) is 8.36. The zero-order valence-corrected chi connectivity index (χ0v) is 20.9. The van der Waals surface area contributed by atoms with Crippen molar-refractivity contribution in [2.24, 2.45) is 0 Å². The van der Waals surface area contributed by atoms with Gasteiger partial charge in [-0.3, -0.25) is 4.79 Å². The van der Waals surface area contributed by atoms with Gasteiger partial charge in [-0.05, 0) is 77.9 Å². The number of aryl methyl sites for hydroxylation is 2. The van der Waals surface area contributed by atoms with E-state index in [1.54, 1.807) is 24.3 Å². The molecular formula is C31H27F3N2O. The second kappa shape index (κ2) is 9.43. The lowest BCUT2D eigenvalue weighted by Gasteiger charge is -2.26. The molecule has 0 spiro atoms. The third-order valence-corrected chi connectivity index (χ3v) is 7.02. The number of carbonyl (C=O) groups excluding carboxylic acids is 1. The first kappa shape index (κ1) is 24.6. The standard InChI is InChI=1S/C31H27F3N2O/c1-19-16-20(2)29(36-17-23-8-4-5-9-24(23)18-36)21(3)28(19)35-30(37)27-11-7-6-10-26(27)22-12-14-25(15-13-22)31(32,33)34/h4-16H,17-18H2,1-3H3,(H,35,37). The summed E-state index contributed by atoms with van der Waals surface area (Å²) in [7, 11) is 0. The van der Waals surface area contributed by atoms with Gasteiger partial charge in [0.2, 0.25) is 0 Å². The topological polar surface area (TPSA) is 32.3 Å². The quantitative estimate of drug-likeness (QED) is 0.307. The maximum absolute atomic E-state index is 13.5. The largest absolute Gasteiger partial charge is 0.416 e. The second-order valence-corrected chi connectivity index (χ2v) is 9.56. The predicted molar refractivity (Wildman–Crippen MR) is 142 cm³/mol. The molecule has 6 heteroatoms. The molecule has 0 aromatic heterocycles. The van der Waals surface area contributed by atoms with Gasteiger partial charge >= 0.3 is 6.18 Å². The molecule has 4 aromatic carbocycles. The minimum absolute atomic E-state index is 0.304. The molecule has 37 heavy (non-hydrogen) atoms. The van der Waals surface area contributed by atoms with Gasteiger partial charge in [-0.1, -0.05) is 60.7 Å². The predicted octanol–water partition coefficient (Wildman–Crippen LogP) is 8.07. The van der Waals surface area contributed by atoms with Crippen molar-refractivity contribution in [3.63, 3.8) is 0 Å². The Bertz CT molecular complexity index is 1460. The third kappa shape index (κ3) is 4.71. The van der Waals surface area contributed by atoms with Crippen LogP contribution in [0.15, 0.2) is 78.9 Å². The molecule has 1 N–H and O–H groups in total. The maximum Gasteiger partial charge on any atom is 0.416 e. The lowest BCUT2D eigenvalue weighted by Crippen LogP contribution is -2.20. The highest BCUT2D eigenvalue weighted by Gasteiger charge is 2.30. The Morgan fingerprint density at radius 2 is 1.41 bits per heavy atom. The summed E-state index contributed by atoms with van der Waals surface area (Å²) in [6.07, 6.45) is -4.41. The van der Waals surface area contributed by atoms with E-state index in [1.807, 2.05) is 13.8 Å². The fourth-order valence-electron chi connectivity index (χ4n) is 5.30. The van der Waals surface area contributed by atoms with Crippen molar-refractivity contribution >= 4 is 17.3 Å². The Hall–Kier alpha value is -4.06. The van der Waals surface area contributed by atoms with E-state index < -0.39 is 11.7 Å².